The first-order valence-corrected chi connectivity index (χ1v) is 7.82. The number of pyridine rings is 1. The second-order valence-corrected chi connectivity index (χ2v) is 6.80. The van der Waals surface area contributed by atoms with Crippen LogP contribution < -0.4 is 5.32 Å². The van der Waals surface area contributed by atoms with Crippen LogP contribution in [0.25, 0.3) is 0 Å². The molecule has 2 atom stereocenters. The minimum Gasteiger partial charge on any atom is -0.303 e. The molecular formula is C19H24N2. The fourth-order valence-corrected chi connectivity index (χ4v) is 3.36. The second-order valence-electron chi connectivity index (χ2n) is 6.80. The molecule has 0 aliphatic heterocycles. The van der Waals surface area contributed by atoms with Crippen LogP contribution in [0, 0.1) is 5.41 Å². The number of benzene rings is 1. The number of nitrogens with one attached hydrogen (secondary N) is 1. The molecule has 0 spiro atoms. The standard InChI is InChI=1S/C19H24N2/c1-14(16-8-6-12-20-13-16)21-18-17-9-5-4-7-15(17)10-11-19(18,2)3/h4-9,12-14,18,21H,10-11H2,1-3H3/t14-,18?/m1/s1. The van der Waals surface area contributed by atoms with Gasteiger partial charge in [-0.2, -0.15) is 0 Å². The first-order chi connectivity index (χ1) is 10.1. The summed E-state index contributed by atoms with van der Waals surface area (Å²) in [6, 6.07) is 13.7. The van der Waals surface area contributed by atoms with Crippen LogP contribution >= 0.6 is 0 Å². The molecule has 1 N–H and O–H groups in total. The summed E-state index contributed by atoms with van der Waals surface area (Å²) in [6.07, 6.45) is 6.19. The van der Waals surface area contributed by atoms with Crippen molar-refractivity contribution in [1.82, 2.24) is 10.3 Å². The average Bonchev–Trinajstić information content (AvgIpc) is 2.51. The Kier molecular flexibility index (Phi) is 3.81. The summed E-state index contributed by atoms with van der Waals surface area (Å²) in [4.78, 5) is 4.24. The van der Waals surface area contributed by atoms with Crippen LogP contribution in [0.5, 0.6) is 0 Å². The van der Waals surface area contributed by atoms with Crippen molar-refractivity contribution in [3.05, 3.63) is 65.5 Å². The third-order valence-electron chi connectivity index (χ3n) is 4.79. The topological polar surface area (TPSA) is 24.9 Å². The summed E-state index contributed by atoms with van der Waals surface area (Å²) in [6.45, 7) is 6.97. The summed E-state index contributed by atoms with van der Waals surface area (Å²) in [5.74, 6) is 0. The molecular weight excluding hydrogens is 256 g/mol. The van der Waals surface area contributed by atoms with Gasteiger partial charge < -0.3 is 5.32 Å². The molecule has 0 saturated carbocycles. The molecule has 2 aromatic rings. The van der Waals surface area contributed by atoms with E-state index in [1.165, 1.54) is 29.5 Å². The van der Waals surface area contributed by atoms with Gasteiger partial charge in [-0.15, -0.1) is 0 Å². The lowest BCUT2D eigenvalue weighted by Crippen LogP contribution is -2.39. The van der Waals surface area contributed by atoms with Crippen LogP contribution in [-0.4, -0.2) is 4.98 Å². The fourth-order valence-electron chi connectivity index (χ4n) is 3.36. The highest BCUT2D eigenvalue weighted by atomic mass is 15.0. The van der Waals surface area contributed by atoms with Gasteiger partial charge in [-0.05, 0) is 47.9 Å². The molecule has 0 fully saturated rings. The van der Waals surface area contributed by atoms with Gasteiger partial charge in [0.1, 0.15) is 0 Å². The van der Waals surface area contributed by atoms with Gasteiger partial charge in [-0.1, -0.05) is 44.2 Å². The molecule has 1 heterocycles. The maximum absolute atomic E-state index is 4.24. The van der Waals surface area contributed by atoms with Crippen molar-refractivity contribution in [2.75, 3.05) is 0 Å². The summed E-state index contributed by atoms with van der Waals surface area (Å²) < 4.78 is 0. The minimum absolute atomic E-state index is 0.269. The predicted molar refractivity (Wildman–Crippen MR) is 87.1 cm³/mol. The van der Waals surface area contributed by atoms with Crippen molar-refractivity contribution >= 4 is 0 Å². The molecule has 0 saturated heterocycles. The zero-order valence-corrected chi connectivity index (χ0v) is 13.1. The van der Waals surface area contributed by atoms with Crippen molar-refractivity contribution in [2.45, 2.75) is 45.7 Å². The summed E-state index contributed by atoms with van der Waals surface area (Å²) in [7, 11) is 0. The predicted octanol–water partition coefficient (Wildman–Crippen LogP) is 4.45. The Hall–Kier alpha value is -1.67. The highest BCUT2D eigenvalue weighted by Crippen LogP contribution is 2.44. The van der Waals surface area contributed by atoms with Crippen LogP contribution in [0.1, 0.15) is 56.0 Å². The molecule has 1 unspecified atom stereocenters. The lowest BCUT2D eigenvalue weighted by Gasteiger charge is -2.42. The number of nitrogens with zero attached hydrogens (tertiary/aromatic N) is 1. The Morgan fingerprint density at radius 2 is 2.00 bits per heavy atom. The van der Waals surface area contributed by atoms with Gasteiger partial charge in [0.05, 0.1) is 0 Å². The van der Waals surface area contributed by atoms with Crippen molar-refractivity contribution in [2.24, 2.45) is 5.41 Å². The van der Waals surface area contributed by atoms with E-state index in [1.807, 2.05) is 18.5 Å². The fraction of sp³-hybridized carbons (Fsp3) is 0.421. The van der Waals surface area contributed by atoms with Crippen LogP contribution in [0.2, 0.25) is 0 Å². The molecule has 1 aromatic carbocycles. The van der Waals surface area contributed by atoms with Crippen molar-refractivity contribution in [1.29, 1.82) is 0 Å². The molecule has 0 bridgehead atoms. The van der Waals surface area contributed by atoms with E-state index in [9.17, 15) is 0 Å². The smallest absolute Gasteiger partial charge is 0.0379 e. The number of aryl methyl sites for hydroxylation is 1. The van der Waals surface area contributed by atoms with Gasteiger partial charge in [0.2, 0.25) is 0 Å². The summed E-state index contributed by atoms with van der Waals surface area (Å²) in [5, 5.41) is 3.84. The maximum Gasteiger partial charge on any atom is 0.0379 e. The maximum atomic E-state index is 4.24. The van der Waals surface area contributed by atoms with Gasteiger partial charge in [0.25, 0.3) is 0 Å². The molecule has 1 aliphatic carbocycles. The zero-order chi connectivity index (χ0) is 14.9. The van der Waals surface area contributed by atoms with Gasteiger partial charge in [-0.25, -0.2) is 0 Å². The van der Waals surface area contributed by atoms with Crippen molar-refractivity contribution < 1.29 is 0 Å². The van der Waals surface area contributed by atoms with E-state index in [4.69, 9.17) is 0 Å². The number of hydrogen-bond acceptors (Lipinski definition) is 2. The molecule has 110 valence electrons. The van der Waals surface area contributed by atoms with E-state index in [-0.39, 0.29) is 5.41 Å². The molecule has 21 heavy (non-hydrogen) atoms. The highest BCUT2D eigenvalue weighted by molar-refractivity contribution is 5.34. The number of rotatable bonds is 3. The van der Waals surface area contributed by atoms with Crippen LogP contribution in [-0.2, 0) is 6.42 Å². The summed E-state index contributed by atoms with van der Waals surface area (Å²) >= 11 is 0. The third kappa shape index (κ3) is 2.86. The van der Waals surface area contributed by atoms with E-state index in [0.717, 1.165) is 0 Å². The Morgan fingerprint density at radius 3 is 2.76 bits per heavy atom. The van der Waals surface area contributed by atoms with E-state index in [0.29, 0.717) is 12.1 Å². The monoisotopic (exact) mass is 280 g/mol. The molecule has 1 aliphatic rings. The highest BCUT2D eigenvalue weighted by Gasteiger charge is 2.36. The number of hydrogen-bond donors (Lipinski definition) is 1. The van der Waals surface area contributed by atoms with Gasteiger partial charge >= 0.3 is 0 Å². The largest absolute Gasteiger partial charge is 0.303 e. The van der Waals surface area contributed by atoms with E-state index < -0.39 is 0 Å². The second kappa shape index (κ2) is 5.61. The Balaban J connectivity index is 1.89. The van der Waals surface area contributed by atoms with E-state index in [1.54, 1.807) is 0 Å². The van der Waals surface area contributed by atoms with Crippen molar-refractivity contribution in [3.8, 4) is 0 Å². The van der Waals surface area contributed by atoms with Crippen LogP contribution in [0.3, 0.4) is 0 Å². The average molecular weight is 280 g/mol. The first kappa shape index (κ1) is 14.3. The normalized spacial score (nSPS) is 21.6. The SMILES string of the molecule is C[C@@H](NC1c2ccccc2CCC1(C)C)c1cccnc1. The Bertz CT molecular complexity index is 604. The van der Waals surface area contributed by atoms with E-state index in [2.05, 4.69) is 61.4 Å². The molecule has 2 heteroatoms. The quantitative estimate of drug-likeness (QED) is 0.898. The number of fused-ring (bicyclic) bond motifs is 1. The minimum atomic E-state index is 0.269. The zero-order valence-electron chi connectivity index (χ0n) is 13.1. The lowest BCUT2D eigenvalue weighted by molar-refractivity contribution is 0.196. The van der Waals surface area contributed by atoms with Gasteiger partial charge in [0.15, 0.2) is 0 Å². The lowest BCUT2D eigenvalue weighted by atomic mass is 9.70. The molecule has 0 amide bonds. The third-order valence-corrected chi connectivity index (χ3v) is 4.79. The Labute approximate surface area is 127 Å². The van der Waals surface area contributed by atoms with E-state index >= 15 is 0 Å². The van der Waals surface area contributed by atoms with Crippen LogP contribution in [0.4, 0.5) is 0 Å². The molecule has 3 rings (SSSR count). The van der Waals surface area contributed by atoms with Crippen LogP contribution in [0.15, 0.2) is 48.8 Å². The van der Waals surface area contributed by atoms with Gasteiger partial charge in [-0.3, -0.25) is 4.98 Å². The first-order valence-electron chi connectivity index (χ1n) is 7.82. The molecule has 0 radical (unpaired) electrons. The van der Waals surface area contributed by atoms with Crippen molar-refractivity contribution in [3.63, 3.8) is 0 Å². The Morgan fingerprint density at radius 1 is 1.19 bits per heavy atom. The van der Waals surface area contributed by atoms with Gasteiger partial charge in [0, 0.05) is 24.5 Å². The molecule has 1 aromatic heterocycles. The molecule has 2 nitrogen and oxygen atoms in total. The number of aromatic nitrogens is 1. The summed E-state index contributed by atoms with van der Waals surface area (Å²) in [5.41, 5.74) is 4.47.